The highest BCUT2D eigenvalue weighted by molar-refractivity contribution is 6.09. The lowest BCUT2D eigenvalue weighted by atomic mass is 10.1. The van der Waals surface area contributed by atoms with Crippen LogP contribution in [0.1, 0.15) is 30.6 Å². The van der Waals surface area contributed by atoms with Gasteiger partial charge in [0, 0.05) is 5.39 Å². The molecule has 0 unspecified atom stereocenters. The summed E-state index contributed by atoms with van der Waals surface area (Å²) < 4.78 is 1.69. The molecule has 0 amide bonds. The summed E-state index contributed by atoms with van der Waals surface area (Å²) in [4.78, 5) is 22.1. The molecule has 0 spiro atoms. The van der Waals surface area contributed by atoms with E-state index in [1.165, 1.54) is 0 Å². The Morgan fingerprint density at radius 1 is 1.23 bits per heavy atom. The van der Waals surface area contributed by atoms with Gasteiger partial charge in [0.2, 0.25) is 0 Å². The molecule has 0 N–H and O–H groups in total. The van der Waals surface area contributed by atoms with Crippen LogP contribution in [0.25, 0.3) is 34.6 Å². The number of hydrogen-bond donors (Lipinski definition) is 0. The van der Waals surface area contributed by atoms with Gasteiger partial charge >= 0.3 is 0 Å². The van der Waals surface area contributed by atoms with E-state index in [4.69, 9.17) is 0 Å². The Balaban J connectivity index is 2.12. The fraction of sp³-hybridized carbons (Fsp3) is 0.167. The summed E-state index contributed by atoms with van der Waals surface area (Å²) in [5.41, 5.74) is 2.20. The first kappa shape index (κ1) is 13.0. The van der Waals surface area contributed by atoms with Gasteiger partial charge in [-0.1, -0.05) is 37.3 Å². The van der Waals surface area contributed by atoms with Crippen LogP contribution >= 0.6 is 0 Å². The van der Waals surface area contributed by atoms with Crippen molar-refractivity contribution in [1.29, 1.82) is 0 Å². The van der Waals surface area contributed by atoms with E-state index in [0.29, 0.717) is 17.1 Å². The van der Waals surface area contributed by atoms with E-state index in [1.54, 1.807) is 4.57 Å². The molecule has 3 heterocycles. The summed E-state index contributed by atoms with van der Waals surface area (Å²) >= 11 is 0. The van der Waals surface area contributed by atoms with Crippen LogP contribution in [0.2, 0.25) is 0 Å². The van der Waals surface area contributed by atoms with Gasteiger partial charge in [0.1, 0.15) is 5.69 Å². The fourth-order valence-corrected chi connectivity index (χ4v) is 2.99. The number of hydrogen-bond acceptors (Lipinski definition) is 3. The Bertz CT molecular complexity index is 1040. The van der Waals surface area contributed by atoms with E-state index < -0.39 is 0 Å². The minimum absolute atomic E-state index is 0.0384. The van der Waals surface area contributed by atoms with E-state index in [0.717, 1.165) is 28.0 Å². The van der Waals surface area contributed by atoms with Crippen LogP contribution in [0.3, 0.4) is 0 Å². The predicted octanol–water partition coefficient (Wildman–Crippen LogP) is 2.09. The average Bonchev–Trinajstić information content (AvgIpc) is 3.03. The molecule has 0 atom stereocenters. The lowest BCUT2D eigenvalue weighted by molar-refractivity contribution is 0.0966. The molecule has 3 aromatic rings. The number of carbonyl (C=O) groups is 1. The maximum Gasteiger partial charge on any atom is 0.266 e. The van der Waals surface area contributed by atoms with Crippen LogP contribution in [0.4, 0.5) is 0 Å². The Hall–Kier alpha value is -2.75. The average molecular weight is 289 g/mol. The molecule has 4 nitrogen and oxygen atoms in total. The van der Waals surface area contributed by atoms with Crippen molar-refractivity contribution < 1.29 is 4.79 Å². The Morgan fingerprint density at radius 3 is 2.82 bits per heavy atom. The molecule has 0 saturated carbocycles. The second-order valence-electron chi connectivity index (χ2n) is 5.32. The van der Waals surface area contributed by atoms with Gasteiger partial charge in [-0.25, -0.2) is 9.97 Å². The van der Waals surface area contributed by atoms with Crippen LogP contribution in [0.5, 0.6) is 0 Å². The minimum Gasteiger partial charge on any atom is -0.268 e. The van der Waals surface area contributed by atoms with Crippen LogP contribution in [0.15, 0.2) is 30.3 Å². The first-order valence-electron chi connectivity index (χ1n) is 7.44. The summed E-state index contributed by atoms with van der Waals surface area (Å²) in [7, 11) is 0. The second kappa shape index (κ2) is 4.63. The van der Waals surface area contributed by atoms with E-state index in [1.807, 2.05) is 49.4 Å². The van der Waals surface area contributed by atoms with Gasteiger partial charge in [-0.3, -0.25) is 9.36 Å². The molecule has 1 aliphatic rings. The van der Waals surface area contributed by atoms with Gasteiger partial charge in [-0.05, 0) is 25.5 Å². The Morgan fingerprint density at radius 2 is 2.05 bits per heavy atom. The number of imidazole rings is 1. The van der Waals surface area contributed by atoms with Crippen molar-refractivity contribution in [2.45, 2.75) is 20.3 Å². The highest BCUT2D eigenvalue weighted by Crippen LogP contribution is 2.29. The summed E-state index contributed by atoms with van der Waals surface area (Å²) in [5.74, 6) is 0.613. The molecule has 0 aliphatic carbocycles. The molecule has 0 fully saturated rings. The lowest BCUT2D eigenvalue weighted by Crippen LogP contribution is -2.32. The summed E-state index contributed by atoms with van der Waals surface area (Å²) in [6.07, 6.45) is 4.82. The lowest BCUT2D eigenvalue weighted by Gasteiger charge is -2.00. The molecule has 0 radical (unpaired) electrons. The molecule has 0 bridgehead atoms. The second-order valence-corrected chi connectivity index (χ2v) is 5.32. The Labute approximate surface area is 127 Å². The molecule has 0 saturated heterocycles. The van der Waals surface area contributed by atoms with Crippen LogP contribution in [-0.2, 0) is 0 Å². The van der Waals surface area contributed by atoms with Crippen molar-refractivity contribution in [3.63, 3.8) is 0 Å². The number of pyridine rings is 1. The summed E-state index contributed by atoms with van der Waals surface area (Å²) in [5, 5.41) is 2.68. The fourth-order valence-electron chi connectivity index (χ4n) is 2.99. The van der Waals surface area contributed by atoms with E-state index >= 15 is 0 Å². The van der Waals surface area contributed by atoms with Crippen molar-refractivity contribution in [2.24, 2.45) is 0 Å². The first-order valence-corrected chi connectivity index (χ1v) is 7.44. The molecule has 108 valence electrons. The normalized spacial score (nSPS) is 14.7. The van der Waals surface area contributed by atoms with Crippen LogP contribution < -0.4 is 10.7 Å². The zero-order chi connectivity index (χ0) is 15.3. The number of para-hydroxylation sites is 1. The third-order valence-electron chi connectivity index (χ3n) is 3.98. The monoisotopic (exact) mass is 289 g/mol. The maximum absolute atomic E-state index is 12.8. The van der Waals surface area contributed by atoms with Gasteiger partial charge in [-0.15, -0.1) is 0 Å². The van der Waals surface area contributed by atoms with Crippen molar-refractivity contribution in [2.75, 3.05) is 0 Å². The SMILES string of the molecule is C/C=c1/nc2n(/c1=C/CC)C(=O)c1cc3ccccc3nc1-2. The topological polar surface area (TPSA) is 47.8 Å². The zero-order valence-electron chi connectivity index (χ0n) is 12.5. The largest absolute Gasteiger partial charge is 0.268 e. The maximum atomic E-state index is 12.8. The van der Waals surface area contributed by atoms with Crippen molar-refractivity contribution >= 4 is 29.0 Å². The zero-order valence-corrected chi connectivity index (χ0v) is 12.5. The van der Waals surface area contributed by atoms with Crippen molar-refractivity contribution in [3.8, 4) is 11.5 Å². The third-order valence-corrected chi connectivity index (χ3v) is 3.98. The van der Waals surface area contributed by atoms with Gasteiger partial charge in [0.25, 0.3) is 5.91 Å². The summed E-state index contributed by atoms with van der Waals surface area (Å²) in [6.45, 7) is 3.99. The standard InChI is InChI=1S/C18H15N3O/c1-3-7-15-13(4-2)20-17-16-12(18(22)21(15)17)10-11-8-5-6-9-14(11)19-16/h4-10H,3H2,1-2H3/b13-4+,15-7+. The molecule has 4 heteroatoms. The van der Waals surface area contributed by atoms with Gasteiger partial charge in [0.05, 0.1) is 21.8 Å². The molecule has 1 aromatic carbocycles. The number of carbonyl (C=O) groups excluding carboxylic acids is 1. The number of aromatic nitrogens is 3. The van der Waals surface area contributed by atoms with Gasteiger partial charge in [-0.2, -0.15) is 0 Å². The predicted molar refractivity (Wildman–Crippen MR) is 86.8 cm³/mol. The molecule has 1 aliphatic heterocycles. The van der Waals surface area contributed by atoms with Crippen molar-refractivity contribution in [1.82, 2.24) is 14.5 Å². The quantitative estimate of drug-likeness (QED) is 0.539. The van der Waals surface area contributed by atoms with E-state index in [2.05, 4.69) is 16.9 Å². The molecule has 4 rings (SSSR count). The number of fused-ring (bicyclic) bond motifs is 4. The third kappa shape index (κ3) is 1.61. The first-order chi connectivity index (χ1) is 10.7. The smallest absolute Gasteiger partial charge is 0.266 e. The Kier molecular flexibility index (Phi) is 2.73. The van der Waals surface area contributed by atoms with E-state index in [9.17, 15) is 4.79 Å². The molecular formula is C18H15N3O. The minimum atomic E-state index is -0.0384. The number of rotatable bonds is 1. The van der Waals surface area contributed by atoms with Crippen LogP contribution in [0, 0.1) is 0 Å². The number of benzene rings is 1. The van der Waals surface area contributed by atoms with Gasteiger partial charge in [0.15, 0.2) is 5.82 Å². The van der Waals surface area contributed by atoms with E-state index in [-0.39, 0.29) is 5.91 Å². The van der Waals surface area contributed by atoms with Crippen LogP contribution in [-0.4, -0.2) is 20.4 Å². The number of nitrogens with zero attached hydrogens (tertiary/aromatic N) is 3. The molecular weight excluding hydrogens is 274 g/mol. The van der Waals surface area contributed by atoms with Gasteiger partial charge < -0.3 is 0 Å². The molecule has 22 heavy (non-hydrogen) atoms. The van der Waals surface area contributed by atoms with Crippen molar-refractivity contribution in [3.05, 3.63) is 46.6 Å². The summed E-state index contributed by atoms with van der Waals surface area (Å²) in [6, 6.07) is 9.75. The molecule has 2 aromatic heterocycles. The highest BCUT2D eigenvalue weighted by Gasteiger charge is 2.30. The highest BCUT2D eigenvalue weighted by atomic mass is 16.2.